The Balaban J connectivity index is 1.54. The van der Waals surface area contributed by atoms with Gasteiger partial charge in [-0.3, -0.25) is 24.0 Å². The largest absolute Gasteiger partial charge is 0.467 e. The summed E-state index contributed by atoms with van der Waals surface area (Å²) in [5.74, 6) is -1.12. The van der Waals surface area contributed by atoms with E-state index in [0.717, 1.165) is 36.1 Å². The first-order valence-electron chi connectivity index (χ1n) is 15.8. The number of aliphatic hydroxyl groups is 2. The van der Waals surface area contributed by atoms with E-state index < -0.39 is 60.1 Å². The molecule has 1 amide bonds. The second kappa shape index (κ2) is 17.6. The van der Waals surface area contributed by atoms with E-state index >= 15 is 0 Å². The van der Waals surface area contributed by atoms with E-state index in [1.165, 1.54) is 69.8 Å². The van der Waals surface area contributed by atoms with Crippen LogP contribution < -0.4 is 17.0 Å². The lowest BCUT2D eigenvalue weighted by atomic mass is 9.98. The molecule has 2 aliphatic rings. The maximum absolute atomic E-state index is 13.4. The summed E-state index contributed by atoms with van der Waals surface area (Å²) >= 11 is 0. The van der Waals surface area contributed by atoms with Crippen LogP contribution in [0.4, 0.5) is 0 Å². The Hall–Kier alpha value is -2.58. The van der Waals surface area contributed by atoms with Gasteiger partial charge in [-0.1, -0.05) is 84.0 Å². The number of ether oxygens (including phenoxy) is 3. The molecule has 244 valence electrons. The van der Waals surface area contributed by atoms with E-state index in [9.17, 15) is 29.4 Å². The first-order valence-corrected chi connectivity index (χ1v) is 15.8. The number of amides is 1. The number of aromatic nitrogens is 2. The van der Waals surface area contributed by atoms with Crippen LogP contribution in [0, 0.1) is 0 Å². The van der Waals surface area contributed by atoms with Gasteiger partial charge in [-0.15, -0.1) is 0 Å². The van der Waals surface area contributed by atoms with Crippen LogP contribution in [0.15, 0.2) is 21.9 Å². The minimum absolute atomic E-state index is 0.123. The molecule has 3 rings (SSSR count). The van der Waals surface area contributed by atoms with E-state index in [0.29, 0.717) is 6.42 Å². The van der Waals surface area contributed by atoms with Crippen molar-refractivity contribution in [1.29, 1.82) is 0 Å². The molecule has 13 heteroatoms. The van der Waals surface area contributed by atoms with Crippen molar-refractivity contribution in [2.24, 2.45) is 5.73 Å². The number of hydrogen-bond acceptors (Lipinski definition) is 10. The third-order valence-electron chi connectivity index (χ3n) is 8.39. The number of methoxy groups -OCH3 is 1. The Morgan fingerprint density at radius 3 is 2.02 bits per heavy atom. The fourth-order valence-electron chi connectivity index (χ4n) is 6.01. The minimum Gasteiger partial charge on any atom is -0.467 e. The summed E-state index contributed by atoms with van der Waals surface area (Å²) in [6, 6.07) is -0.215. The molecule has 43 heavy (non-hydrogen) atoms. The van der Waals surface area contributed by atoms with Crippen molar-refractivity contribution in [1.82, 2.24) is 14.5 Å². The standard InChI is InChI=1S/C30H50N4O9/c1-3-4-5-6-7-8-9-10-11-12-13-14-15-16-21(36)34-22(19-31)42-26(23(34)29(39)41-2)27-24(37)25(38)28(43-27)33-18-17-20(35)32-30(33)40/h17-18,22-28,37-38H,3-16,19,31H2,1-2H3,(H,32,35,40)/t22-,23+,24+,25-,26-,27+,28-/m1/s1. The first kappa shape index (κ1) is 34.9. The van der Waals surface area contributed by atoms with Crippen molar-refractivity contribution >= 4 is 11.9 Å². The van der Waals surface area contributed by atoms with Crippen LogP contribution in [-0.4, -0.2) is 86.9 Å². The van der Waals surface area contributed by atoms with Crippen molar-refractivity contribution in [2.45, 2.75) is 140 Å². The van der Waals surface area contributed by atoms with Crippen LogP contribution in [-0.2, 0) is 23.8 Å². The fourth-order valence-corrected chi connectivity index (χ4v) is 6.01. The molecule has 2 aliphatic heterocycles. The predicted octanol–water partition coefficient (Wildman–Crippen LogP) is 1.69. The average molecular weight is 611 g/mol. The summed E-state index contributed by atoms with van der Waals surface area (Å²) in [4.78, 5) is 53.4. The Bertz CT molecular complexity index is 1130. The zero-order chi connectivity index (χ0) is 31.4. The minimum atomic E-state index is -1.60. The molecule has 3 heterocycles. The van der Waals surface area contributed by atoms with Gasteiger partial charge in [0.05, 0.1) is 7.11 Å². The third-order valence-corrected chi connectivity index (χ3v) is 8.39. The Morgan fingerprint density at radius 2 is 1.49 bits per heavy atom. The van der Waals surface area contributed by atoms with Crippen LogP contribution >= 0.6 is 0 Å². The molecule has 5 N–H and O–H groups in total. The number of nitrogens with zero attached hydrogens (tertiary/aromatic N) is 2. The quantitative estimate of drug-likeness (QED) is 0.141. The highest BCUT2D eigenvalue weighted by Crippen LogP contribution is 2.37. The maximum Gasteiger partial charge on any atom is 0.331 e. The van der Waals surface area contributed by atoms with E-state index in [1.807, 2.05) is 0 Å². The smallest absolute Gasteiger partial charge is 0.331 e. The first-order chi connectivity index (χ1) is 20.7. The van der Waals surface area contributed by atoms with Crippen LogP contribution in [0.1, 0.15) is 103 Å². The molecule has 7 atom stereocenters. The molecule has 0 bridgehead atoms. The monoisotopic (exact) mass is 610 g/mol. The maximum atomic E-state index is 13.4. The van der Waals surface area contributed by atoms with E-state index in [1.54, 1.807) is 0 Å². The number of rotatable bonds is 18. The van der Waals surface area contributed by atoms with Crippen molar-refractivity contribution < 1.29 is 34.0 Å². The lowest BCUT2D eigenvalue weighted by molar-refractivity contribution is -0.154. The SMILES string of the molecule is CCCCCCCCCCCCCCCC(=O)N1[C@H](C(=O)OC)[C@H]([C@H]2O[C@@H](n3ccc(=O)[nH]c3=O)[C@H](O)[C@@H]2O)O[C@@H]1CN. The number of nitrogens with one attached hydrogen (secondary N) is 1. The second-order valence-corrected chi connectivity index (χ2v) is 11.5. The molecular formula is C30H50N4O9. The van der Waals surface area contributed by atoms with Crippen LogP contribution in [0.25, 0.3) is 0 Å². The lowest BCUT2D eigenvalue weighted by Crippen LogP contribution is -2.53. The van der Waals surface area contributed by atoms with Gasteiger partial charge in [0.1, 0.15) is 30.6 Å². The second-order valence-electron chi connectivity index (χ2n) is 11.5. The number of carbonyl (C=O) groups is 2. The molecule has 1 aromatic heterocycles. The van der Waals surface area contributed by atoms with Crippen LogP contribution in [0.3, 0.4) is 0 Å². The molecule has 1 aromatic rings. The average Bonchev–Trinajstić information content (AvgIpc) is 3.52. The number of unbranched alkanes of at least 4 members (excludes halogenated alkanes) is 12. The van der Waals surface area contributed by atoms with Gasteiger partial charge in [0, 0.05) is 25.2 Å². The number of carbonyl (C=O) groups excluding carboxylic acids is 2. The van der Waals surface area contributed by atoms with Gasteiger partial charge in [0.25, 0.3) is 5.56 Å². The van der Waals surface area contributed by atoms with Crippen molar-refractivity contribution in [3.63, 3.8) is 0 Å². The number of hydrogen-bond donors (Lipinski definition) is 4. The van der Waals surface area contributed by atoms with Gasteiger partial charge >= 0.3 is 11.7 Å². The molecule has 0 spiro atoms. The van der Waals surface area contributed by atoms with Crippen LogP contribution in [0.5, 0.6) is 0 Å². The Labute approximate surface area is 252 Å². The number of esters is 1. The summed E-state index contributed by atoms with van der Waals surface area (Å²) < 4.78 is 17.7. The number of aliphatic hydroxyl groups excluding tert-OH is 2. The molecule has 0 aromatic carbocycles. The van der Waals surface area contributed by atoms with Crippen molar-refractivity contribution in [3.8, 4) is 0 Å². The Kier molecular flexibility index (Phi) is 14.3. The zero-order valence-corrected chi connectivity index (χ0v) is 25.5. The van der Waals surface area contributed by atoms with E-state index in [2.05, 4.69) is 11.9 Å². The molecule has 0 unspecified atom stereocenters. The van der Waals surface area contributed by atoms with Gasteiger partial charge in [-0.25, -0.2) is 9.59 Å². The highest BCUT2D eigenvalue weighted by molar-refractivity contribution is 5.86. The normalized spacial score (nSPS) is 27.1. The highest BCUT2D eigenvalue weighted by atomic mass is 16.6. The summed E-state index contributed by atoms with van der Waals surface area (Å²) in [6.45, 7) is 2.11. The van der Waals surface area contributed by atoms with E-state index in [-0.39, 0.29) is 18.9 Å². The zero-order valence-electron chi connectivity index (χ0n) is 25.5. The third kappa shape index (κ3) is 9.21. The molecule has 0 radical (unpaired) electrons. The molecular weight excluding hydrogens is 560 g/mol. The molecule has 13 nitrogen and oxygen atoms in total. The van der Waals surface area contributed by atoms with Crippen molar-refractivity contribution in [2.75, 3.05) is 13.7 Å². The fraction of sp³-hybridized carbons (Fsp3) is 0.800. The predicted molar refractivity (Wildman–Crippen MR) is 158 cm³/mol. The van der Waals surface area contributed by atoms with Gasteiger partial charge in [-0.2, -0.15) is 0 Å². The summed E-state index contributed by atoms with van der Waals surface area (Å²) in [5, 5.41) is 21.6. The molecule has 2 saturated heterocycles. The number of nitrogens with two attached hydrogens (primary N) is 1. The van der Waals surface area contributed by atoms with Crippen LogP contribution in [0.2, 0.25) is 0 Å². The van der Waals surface area contributed by atoms with Gasteiger partial charge in [0.15, 0.2) is 12.3 Å². The van der Waals surface area contributed by atoms with E-state index in [4.69, 9.17) is 19.9 Å². The lowest BCUT2D eigenvalue weighted by Gasteiger charge is -2.28. The Morgan fingerprint density at radius 1 is 0.907 bits per heavy atom. The number of H-pyrrole nitrogens is 1. The molecule has 2 fully saturated rings. The molecule has 0 aliphatic carbocycles. The van der Waals surface area contributed by atoms with Gasteiger partial charge < -0.3 is 30.2 Å². The summed E-state index contributed by atoms with van der Waals surface area (Å²) in [6.07, 6.45) is 8.48. The molecule has 0 saturated carbocycles. The highest BCUT2D eigenvalue weighted by Gasteiger charge is 2.58. The number of aromatic amines is 1. The summed E-state index contributed by atoms with van der Waals surface area (Å²) in [7, 11) is 1.17. The van der Waals surface area contributed by atoms with Gasteiger partial charge in [0.2, 0.25) is 5.91 Å². The summed E-state index contributed by atoms with van der Waals surface area (Å²) in [5.41, 5.74) is 4.42. The van der Waals surface area contributed by atoms with Gasteiger partial charge in [-0.05, 0) is 6.42 Å². The van der Waals surface area contributed by atoms with Crippen molar-refractivity contribution in [3.05, 3.63) is 33.1 Å². The topological polar surface area (TPSA) is 186 Å².